The summed E-state index contributed by atoms with van der Waals surface area (Å²) < 4.78 is 5.87. The maximum atomic E-state index is 13.0. The van der Waals surface area contributed by atoms with Crippen molar-refractivity contribution < 1.29 is 9.53 Å². The Morgan fingerprint density at radius 3 is 2.81 bits per heavy atom. The first-order chi connectivity index (χ1) is 20.4. The second-order valence-electron chi connectivity index (χ2n) is 11.4. The molecule has 3 aromatic heterocycles. The van der Waals surface area contributed by atoms with Gasteiger partial charge in [0.2, 0.25) is 5.91 Å². The van der Waals surface area contributed by atoms with Crippen LogP contribution in [0.5, 0.6) is 5.75 Å². The summed E-state index contributed by atoms with van der Waals surface area (Å²) in [7, 11) is 0. The monoisotopic (exact) mass is 602 g/mol. The topological polar surface area (TPSA) is 83.5 Å². The number of ether oxygens (including phenoxy) is 1. The zero-order valence-corrected chi connectivity index (χ0v) is 25.5. The van der Waals surface area contributed by atoms with E-state index in [1.165, 1.54) is 12.0 Å². The molecule has 2 aliphatic rings. The lowest BCUT2D eigenvalue weighted by molar-refractivity contribution is -0.126. The molecule has 2 unspecified atom stereocenters. The first-order valence-corrected chi connectivity index (χ1v) is 15.6. The highest BCUT2D eigenvalue weighted by atomic mass is 35.5. The molecule has 0 bridgehead atoms. The number of nitrogens with one attached hydrogen (secondary N) is 1. The van der Waals surface area contributed by atoms with Crippen molar-refractivity contribution in [1.82, 2.24) is 24.8 Å². The van der Waals surface area contributed by atoms with Crippen LogP contribution in [0.2, 0.25) is 5.02 Å². The zero-order chi connectivity index (χ0) is 29.1. The molecule has 0 radical (unpaired) electrons. The lowest BCUT2D eigenvalue weighted by Crippen LogP contribution is -2.39. The number of halogens is 1. The van der Waals surface area contributed by atoms with Gasteiger partial charge in [-0.1, -0.05) is 37.6 Å². The lowest BCUT2D eigenvalue weighted by Gasteiger charge is -2.34. The van der Waals surface area contributed by atoms with E-state index in [2.05, 4.69) is 39.0 Å². The minimum absolute atomic E-state index is 0.0700. The first-order valence-electron chi connectivity index (χ1n) is 14.4. The van der Waals surface area contributed by atoms with Crippen molar-refractivity contribution in [2.45, 2.75) is 39.8 Å². The third kappa shape index (κ3) is 6.59. The number of benzene rings is 1. The molecule has 2 atom stereocenters. The van der Waals surface area contributed by atoms with Crippen molar-refractivity contribution in [2.24, 2.45) is 11.8 Å². The molecule has 1 amide bonds. The van der Waals surface area contributed by atoms with Crippen LogP contribution in [-0.4, -0.2) is 56.8 Å². The zero-order valence-electron chi connectivity index (χ0n) is 23.9. The van der Waals surface area contributed by atoms with Crippen LogP contribution in [0.1, 0.15) is 36.4 Å². The van der Waals surface area contributed by atoms with Gasteiger partial charge in [-0.2, -0.15) is 0 Å². The summed E-state index contributed by atoms with van der Waals surface area (Å²) in [6, 6.07) is 11.3. The van der Waals surface area contributed by atoms with E-state index in [1.807, 2.05) is 47.4 Å². The minimum Gasteiger partial charge on any atom is -0.486 e. The smallest absolute Gasteiger partial charge is 0.246 e. The van der Waals surface area contributed by atoms with Crippen LogP contribution in [-0.2, 0) is 24.4 Å². The van der Waals surface area contributed by atoms with Gasteiger partial charge in [0.25, 0.3) is 0 Å². The Labute approximate surface area is 255 Å². The molecule has 10 heteroatoms. The molecule has 218 valence electrons. The number of nitrogens with zero attached hydrogens (tertiary/aromatic N) is 5. The molecule has 0 aliphatic carbocycles. The summed E-state index contributed by atoms with van der Waals surface area (Å²) >= 11 is 8.18. The number of anilines is 2. The molecule has 1 saturated heterocycles. The molecular weight excluding hydrogens is 568 g/mol. The fraction of sp³-hybridized carbons (Fsp3) is 0.375. The SMILES string of the molecule is CC1CC(C)CN(CC=CC(=O)N2CCc3c(sc4ncnc(Nc5ccc(OCc6ccccn6)c(Cl)c5)c34)C2)C1. The highest BCUT2D eigenvalue weighted by molar-refractivity contribution is 7.19. The van der Waals surface area contributed by atoms with Gasteiger partial charge in [-0.3, -0.25) is 14.7 Å². The van der Waals surface area contributed by atoms with Crippen LogP contribution in [0.3, 0.4) is 0 Å². The fourth-order valence-corrected chi connectivity index (χ4v) is 7.47. The number of thiophene rings is 1. The highest BCUT2D eigenvalue weighted by Crippen LogP contribution is 2.39. The molecule has 6 rings (SSSR count). The Hall–Kier alpha value is -3.53. The molecule has 1 fully saturated rings. The molecule has 2 aliphatic heterocycles. The molecule has 8 nitrogen and oxygen atoms in total. The number of hydrogen-bond acceptors (Lipinski definition) is 8. The van der Waals surface area contributed by atoms with Crippen molar-refractivity contribution in [3.8, 4) is 5.75 Å². The van der Waals surface area contributed by atoms with E-state index < -0.39 is 0 Å². The number of piperidine rings is 1. The minimum atomic E-state index is 0.0700. The third-order valence-electron chi connectivity index (χ3n) is 7.81. The van der Waals surface area contributed by atoms with Crippen LogP contribution < -0.4 is 10.1 Å². The van der Waals surface area contributed by atoms with Crippen LogP contribution in [0, 0.1) is 11.8 Å². The standard InChI is InChI=1S/C32H35ClN6O2S/c1-21-14-22(2)17-38(16-21)12-5-7-29(40)39-13-10-25-28(18-39)42-32-30(25)31(35-20-36-32)37-23-8-9-27(26(33)15-23)41-19-24-6-3-4-11-34-24/h3-9,11,15,20-22H,10,12-14,16-19H2,1-2H3,(H,35,36,37). The predicted molar refractivity (Wildman–Crippen MR) is 168 cm³/mol. The van der Waals surface area contributed by atoms with Gasteiger partial charge in [-0.05, 0) is 60.6 Å². The van der Waals surface area contributed by atoms with Gasteiger partial charge in [-0.15, -0.1) is 11.3 Å². The van der Waals surface area contributed by atoms with Crippen molar-refractivity contribution in [3.63, 3.8) is 0 Å². The largest absolute Gasteiger partial charge is 0.486 e. The van der Waals surface area contributed by atoms with E-state index in [0.717, 1.165) is 58.3 Å². The number of aromatic nitrogens is 3. The van der Waals surface area contributed by atoms with Gasteiger partial charge in [0.1, 0.15) is 29.3 Å². The Morgan fingerprint density at radius 1 is 1.17 bits per heavy atom. The van der Waals surface area contributed by atoms with Gasteiger partial charge in [-0.25, -0.2) is 9.97 Å². The maximum absolute atomic E-state index is 13.0. The average molecular weight is 603 g/mol. The van der Waals surface area contributed by atoms with Gasteiger partial charge >= 0.3 is 0 Å². The molecule has 42 heavy (non-hydrogen) atoms. The molecule has 4 aromatic rings. The summed E-state index contributed by atoms with van der Waals surface area (Å²) in [4.78, 5) is 32.9. The lowest BCUT2D eigenvalue weighted by atomic mass is 9.92. The average Bonchev–Trinajstić information content (AvgIpc) is 3.35. The molecule has 1 N–H and O–H groups in total. The van der Waals surface area contributed by atoms with Crippen molar-refractivity contribution in [3.05, 3.63) is 82.2 Å². The fourth-order valence-electron chi connectivity index (χ4n) is 6.03. The van der Waals surface area contributed by atoms with E-state index >= 15 is 0 Å². The second kappa shape index (κ2) is 12.8. The Kier molecular flexibility index (Phi) is 8.69. The Bertz CT molecular complexity index is 1580. The van der Waals surface area contributed by atoms with Gasteiger partial charge in [0, 0.05) is 49.0 Å². The van der Waals surface area contributed by atoms with Crippen LogP contribution in [0.15, 0.2) is 61.1 Å². The van der Waals surface area contributed by atoms with Gasteiger partial charge in [0.05, 0.1) is 22.6 Å². The number of amides is 1. The quantitative estimate of drug-likeness (QED) is 0.231. The number of rotatable bonds is 8. The molecule has 0 saturated carbocycles. The van der Waals surface area contributed by atoms with Crippen LogP contribution in [0.25, 0.3) is 10.2 Å². The number of likely N-dealkylation sites (tertiary alicyclic amines) is 1. The van der Waals surface area contributed by atoms with E-state index in [0.29, 0.717) is 42.3 Å². The maximum Gasteiger partial charge on any atom is 0.246 e. The number of carbonyl (C=O) groups excluding carboxylic acids is 1. The second-order valence-corrected chi connectivity index (χ2v) is 12.9. The molecule has 5 heterocycles. The number of hydrogen-bond donors (Lipinski definition) is 1. The van der Waals surface area contributed by atoms with Crippen molar-refractivity contribution in [1.29, 1.82) is 0 Å². The van der Waals surface area contributed by atoms with Crippen LogP contribution >= 0.6 is 22.9 Å². The van der Waals surface area contributed by atoms with Crippen molar-refractivity contribution >= 4 is 50.6 Å². The molecule has 1 aromatic carbocycles. The van der Waals surface area contributed by atoms with Gasteiger partial charge in [0.15, 0.2) is 0 Å². The first kappa shape index (κ1) is 28.6. The Morgan fingerprint density at radius 2 is 2.02 bits per heavy atom. The Balaban J connectivity index is 1.11. The number of pyridine rings is 1. The normalized spacial score (nSPS) is 19.3. The summed E-state index contributed by atoms with van der Waals surface area (Å²) in [5, 5.41) is 4.95. The number of fused-ring (bicyclic) bond motifs is 3. The van der Waals surface area contributed by atoms with E-state index in [-0.39, 0.29) is 5.91 Å². The highest BCUT2D eigenvalue weighted by Gasteiger charge is 2.26. The third-order valence-corrected chi connectivity index (χ3v) is 9.23. The summed E-state index contributed by atoms with van der Waals surface area (Å²) in [5.41, 5.74) is 2.85. The van der Waals surface area contributed by atoms with E-state index in [4.69, 9.17) is 16.3 Å². The van der Waals surface area contributed by atoms with Crippen molar-refractivity contribution in [2.75, 3.05) is 31.5 Å². The summed E-state index contributed by atoms with van der Waals surface area (Å²) in [5.74, 6) is 2.82. The number of carbonyl (C=O) groups is 1. The van der Waals surface area contributed by atoms with Crippen LogP contribution in [0.4, 0.5) is 11.5 Å². The molecular formula is C32H35ClN6O2S. The predicted octanol–water partition coefficient (Wildman–Crippen LogP) is 6.48. The van der Waals surface area contributed by atoms with Gasteiger partial charge < -0.3 is 15.0 Å². The molecule has 0 spiro atoms. The van der Waals surface area contributed by atoms with E-state index in [1.54, 1.807) is 29.9 Å². The summed E-state index contributed by atoms with van der Waals surface area (Å²) in [6.45, 7) is 9.25. The summed E-state index contributed by atoms with van der Waals surface area (Å²) in [6.07, 6.45) is 9.15. The van der Waals surface area contributed by atoms with E-state index in [9.17, 15) is 4.79 Å².